The molecule has 0 saturated carbocycles. The van der Waals surface area contributed by atoms with E-state index in [2.05, 4.69) is 24.3 Å². The lowest BCUT2D eigenvalue weighted by atomic mass is 10.1. The van der Waals surface area contributed by atoms with Gasteiger partial charge in [-0.1, -0.05) is 42.0 Å². The Bertz CT molecular complexity index is 829. The van der Waals surface area contributed by atoms with E-state index in [-0.39, 0.29) is 11.2 Å². The third kappa shape index (κ3) is 9.59. The molecule has 1 aliphatic heterocycles. The van der Waals surface area contributed by atoms with Crippen LogP contribution in [0.4, 0.5) is 0 Å². The molecular formula is C22H30O6S2. The van der Waals surface area contributed by atoms with Crippen LogP contribution in [-0.2, 0) is 37.5 Å². The van der Waals surface area contributed by atoms with Gasteiger partial charge in [0, 0.05) is 6.61 Å². The second-order valence-electron chi connectivity index (χ2n) is 6.97. The SMILES string of the molecule is CSCOCc1ccc(COC2CCCCO2)cc1.Cc1ccc(S(=O)(=O)O)cc1. The molecule has 3 rings (SSSR count). The summed E-state index contributed by atoms with van der Waals surface area (Å²) in [5.74, 6) is 0.740. The summed E-state index contributed by atoms with van der Waals surface area (Å²) in [6, 6.07) is 14.4. The molecule has 1 atom stereocenters. The fraction of sp³-hybridized carbons (Fsp3) is 0.455. The maximum absolute atomic E-state index is 10.5. The Morgan fingerprint density at radius 1 is 1.03 bits per heavy atom. The predicted molar refractivity (Wildman–Crippen MR) is 119 cm³/mol. The van der Waals surface area contributed by atoms with Crippen molar-refractivity contribution in [1.82, 2.24) is 0 Å². The molecule has 0 radical (unpaired) electrons. The van der Waals surface area contributed by atoms with Gasteiger partial charge in [-0.25, -0.2) is 0 Å². The van der Waals surface area contributed by atoms with Crippen molar-refractivity contribution in [3.05, 3.63) is 65.2 Å². The van der Waals surface area contributed by atoms with Crippen LogP contribution < -0.4 is 0 Å². The third-order valence-electron chi connectivity index (χ3n) is 4.39. The zero-order valence-corrected chi connectivity index (χ0v) is 19.1. The van der Waals surface area contributed by atoms with E-state index in [1.165, 1.54) is 29.7 Å². The lowest BCUT2D eigenvalue weighted by molar-refractivity contribution is -0.168. The number of aryl methyl sites for hydroxylation is 1. The highest BCUT2D eigenvalue weighted by Gasteiger charge is 2.13. The van der Waals surface area contributed by atoms with Crippen LogP contribution in [0.25, 0.3) is 0 Å². The average molecular weight is 455 g/mol. The Kier molecular flexibility index (Phi) is 10.8. The lowest BCUT2D eigenvalue weighted by Gasteiger charge is -2.22. The number of hydrogen-bond acceptors (Lipinski definition) is 6. The quantitative estimate of drug-likeness (QED) is 0.348. The Labute approximate surface area is 183 Å². The van der Waals surface area contributed by atoms with Gasteiger partial charge < -0.3 is 14.2 Å². The molecule has 0 amide bonds. The summed E-state index contributed by atoms with van der Waals surface area (Å²) >= 11 is 1.69. The van der Waals surface area contributed by atoms with E-state index < -0.39 is 10.1 Å². The van der Waals surface area contributed by atoms with Gasteiger partial charge in [0.2, 0.25) is 0 Å². The molecular weight excluding hydrogens is 424 g/mol. The molecule has 1 N–H and O–H groups in total. The molecule has 0 aliphatic carbocycles. The molecule has 2 aromatic carbocycles. The summed E-state index contributed by atoms with van der Waals surface area (Å²) in [4.78, 5) is -0.0666. The summed E-state index contributed by atoms with van der Waals surface area (Å²) < 4.78 is 46.3. The maximum Gasteiger partial charge on any atom is 0.294 e. The topological polar surface area (TPSA) is 82.1 Å². The highest BCUT2D eigenvalue weighted by Crippen LogP contribution is 2.16. The van der Waals surface area contributed by atoms with Crippen LogP contribution in [0.3, 0.4) is 0 Å². The fourth-order valence-corrected chi connectivity index (χ4v) is 3.45. The molecule has 6 nitrogen and oxygen atoms in total. The first kappa shape index (κ1) is 24.8. The molecule has 1 fully saturated rings. The number of ether oxygens (including phenoxy) is 3. The zero-order chi connectivity index (χ0) is 21.8. The first-order chi connectivity index (χ1) is 14.4. The van der Waals surface area contributed by atoms with E-state index in [0.717, 1.165) is 31.0 Å². The molecule has 8 heteroatoms. The van der Waals surface area contributed by atoms with Crippen molar-refractivity contribution in [2.75, 3.05) is 18.8 Å². The van der Waals surface area contributed by atoms with E-state index in [4.69, 9.17) is 18.8 Å². The second-order valence-corrected chi connectivity index (χ2v) is 9.20. The van der Waals surface area contributed by atoms with Gasteiger partial charge in [-0.3, -0.25) is 4.55 Å². The van der Waals surface area contributed by atoms with E-state index in [0.29, 0.717) is 13.2 Å². The fourth-order valence-electron chi connectivity index (χ4n) is 2.72. The predicted octanol–water partition coefficient (Wildman–Crippen LogP) is 4.81. The first-order valence-electron chi connectivity index (χ1n) is 9.80. The van der Waals surface area contributed by atoms with Gasteiger partial charge in [-0.15, -0.1) is 11.8 Å². The van der Waals surface area contributed by atoms with Crippen molar-refractivity contribution in [2.24, 2.45) is 0 Å². The minimum Gasteiger partial charge on any atom is -0.366 e. The largest absolute Gasteiger partial charge is 0.366 e. The standard InChI is InChI=1S/C15H22O3S.C7H8O3S/c1-19-12-16-10-13-5-7-14(8-6-13)11-18-15-4-2-3-9-17-15;1-6-2-4-7(5-3-6)11(8,9)10/h5-8,15H,2-4,9-12H2,1H3;2-5H,1H3,(H,8,9,10). The third-order valence-corrected chi connectivity index (χ3v) is 5.66. The summed E-state index contributed by atoms with van der Waals surface area (Å²) in [5.41, 5.74) is 3.34. The molecule has 1 unspecified atom stereocenters. The molecule has 30 heavy (non-hydrogen) atoms. The van der Waals surface area contributed by atoms with Crippen molar-refractivity contribution in [2.45, 2.75) is 50.6 Å². The van der Waals surface area contributed by atoms with Gasteiger partial charge in [-0.05, 0) is 55.7 Å². The van der Waals surface area contributed by atoms with Gasteiger partial charge in [0.25, 0.3) is 10.1 Å². The Morgan fingerprint density at radius 3 is 2.20 bits per heavy atom. The van der Waals surface area contributed by atoms with Crippen LogP contribution >= 0.6 is 11.8 Å². The van der Waals surface area contributed by atoms with Gasteiger partial charge in [0.05, 0.1) is 24.0 Å². The van der Waals surface area contributed by atoms with Crippen molar-refractivity contribution in [3.63, 3.8) is 0 Å². The van der Waals surface area contributed by atoms with E-state index >= 15 is 0 Å². The monoisotopic (exact) mass is 454 g/mol. The molecule has 166 valence electrons. The van der Waals surface area contributed by atoms with Crippen LogP contribution in [0.2, 0.25) is 0 Å². The maximum atomic E-state index is 10.5. The summed E-state index contributed by atoms with van der Waals surface area (Å²) in [7, 11) is -4.02. The molecule has 1 aliphatic rings. The van der Waals surface area contributed by atoms with Crippen LogP contribution in [0.5, 0.6) is 0 Å². The minimum absolute atomic E-state index is 0.0154. The van der Waals surface area contributed by atoms with E-state index in [1.807, 2.05) is 13.2 Å². The summed E-state index contributed by atoms with van der Waals surface area (Å²) in [6.07, 6.45) is 5.40. The van der Waals surface area contributed by atoms with Crippen LogP contribution in [0.15, 0.2) is 53.4 Å². The smallest absolute Gasteiger partial charge is 0.294 e. The zero-order valence-electron chi connectivity index (χ0n) is 17.5. The number of benzene rings is 2. The van der Waals surface area contributed by atoms with Crippen molar-refractivity contribution >= 4 is 21.9 Å². The highest BCUT2D eigenvalue weighted by atomic mass is 32.2. The molecule has 0 aromatic heterocycles. The second kappa shape index (κ2) is 13.1. The first-order valence-corrected chi connectivity index (χ1v) is 12.6. The highest BCUT2D eigenvalue weighted by molar-refractivity contribution is 7.98. The minimum atomic E-state index is -4.02. The molecule has 0 spiro atoms. The van der Waals surface area contributed by atoms with Crippen LogP contribution in [0, 0.1) is 6.92 Å². The summed E-state index contributed by atoms with van der Waals surface area (Å²) in [6.45, 7) is 3.97. The summed E-state index contributed by atoms with van der Waals surface area (Å²) in [5, 5.41) is 0. The number of rotatable bonds is 8. The van der Waals surface area contributed by atoms with Gasteiger partial charge in [0.1, 0.15) is 0 Å². The molecule has 1 saturated heterocycles. The molecule has 1 heterocycles. The van der Waals surface area contributed by atoms with E-state index in [9.17, 15) is 8.42 Å². The Morgan fingerprint density at radius 2 is 1.67 bits per heavy atom. The van der Waals surface area contributed by atoms with Gasteiger partial charge >= 0.3 is 0 Å². The van der Waals surface area contributed by atoms with Gasteiger partial charge in [0.15, 0.2) is 6.29 Å². The van der Waals surface area contributed by atoms with Crippen molar-refractivity contribution in [1.29, 1.82) is 0 Å². The lowest BCUT2D eigenvalue weighted by Crippen LogP contribution is -2.21. The Hall–Kier alpha value is -1.42. The van der Waals surface area contributed by atoms with Crippen molar-refractivity contribution < 1.29 is 27.2 Å². The number of thioether (sulfide) groups is 1. The van der Waals surface area contributed by atoms with Gasteiger partial charge in [-0.2, -0.15) is 8.42 Å². The van der Waals surface area contributed by atoms with Crippen molar-refractivity contribution in [3.8, 4) is 0 Å². The Balaban J connectivity index is 0.000000248. The van der Waals surface area contributed by atoms with E-state index in [1.54, 1.807) is 23.9 Å². The van der Waals surface area contributed by atoms with Crippen LogP contribution in [-0.4, -0.2) is 38.1 Å². The van der Waals surface area contributed by atoms with Crippen LogP contribution in [0.1, 0.15) is 36.0 Å². The number of hydrogen-bond donors (Lipinski definition) is 1. The molecule has 2 aromatic rings. The molecule has 0 bridgehead atoms. The normalized spacial score (nSPS) is 16.6. The average Bonchev–Trinajstić information content (AvgIpc) is 2.74.